The van der Waals surface area contributed by atoms with E-state index in [1.165, 1.54) is 10.9 Å². The second-order valence-corrected chi connectivity index (χ2v) is 9.75. The van der Waals surface area contributed by atoms with Crippen molar-refractivity contribution in [1.29, 1.82) is 0 Å². The Hall–Kier alpha value is -3.63. The first kappa shape index (κ1) is 21.2. The fourth-order valence-corrected chi connectivity index (χ4v) is 4.78. The van der Waals surface area contributed by atoms with Gasteiger partial charge in [-0.3, -0.25) is 9.78 Å². The van der Waals surface area contributed by atoms with E-state index in [0.29, 0.717) is 29.0 Å². The molecule has 1 aliphatic carbocycles. The van der Waals surface area contributed by atoms with Gasteiger partial charge in [-0.05, 0) is 48.7 Å². The van der Waals surface area contributed by atoms with Crippen LogP contribution in [-0.4, -0.2) is 34.0 Å². The van der Waals surface area contributed by atoms with Gasteiger partial charge in [0.05, 0.1) is 22.4 Å². The number of hydrogen-bond acceptors (Lipinski definition) is 7. The first-order chi connectivity index (χ1) is 15.9. The normalized spacial score (nSPS) is 13.8. The molecule has 3 aromatic heterocycles. The molecule has 5 rings (SSSR count). The highest BCUT2D eigenvalue weighted by molar-refractivity contribution is 7.89. The first-order valence-electron chi connectivity index (χ1n) is 10.5. The fraction of sp³-hybridized carbons (Fsp3) is 0.217. The quantitative estimate of drug-likeness (QED) is 0.433. The Morgan fingerprint density at radius 3 is 2.52 bits per heavy atom. The van der Waals surface area contributed by atoms with Crippen molar-refractivity contribution in [2.24, 2.45) is 7.05 Å². The molecule has 3 heterocycles. The molecular formula is C23H22N6O3S. The standard InChI is InChI=1S/C23H22N6O3S/c1-29-14-26-20-12-19(16-2-6-18(7-3-16)33(31,32)28-17-4-5-17)27-22(21(20)23(29)30)25-13-15-8-10-24-11-9-15/h2-3,6-12,14,17,28H,4-5,13H2,1H3,(H,25,27). The highest BCUT2D eigenvalue weighted by atomic mass is 32.2. The molecule has 0 saturated heterocycles. The van der Waals surface area contributed by atoms with Gasteiger partial charge in [-0.2, -0.15) is 0 Å². The van der Waals surface area contributed by atoms with Gasteiger partial charge in [0.2, 0.25) is 10.0 Å². The SMILES string of the molecule is Cn1cnc2cc(-c3ccc(S(=O)(=O)NC4CC4)cc3)nc(NCc3ccncc3)c2c1=O. The van der Waals surface area contributed by atoms with E-state index < -0.39 is 10.0 Å². The van der Waals surface area contributed by atoms with E-state index in [1.54, 1.807) is 49.8 Å². The van der Waals surface area contributed by atoms with E-state index >= 15 is 0 Å². The number of nitrogens with one attached hydrogen (secondary N) is 2. The number of nitrogens with zero attached hydrogens (tertiary/aromatic N) is 4. The van der Waals surface area contributed by atoms with Gasteiger partial charge >= 0.3 is 0 Å². The van der Waals surface area contributed by atoms with Gasteiger partial charge < -0.3 is 9.88 Å². The van der Waals surface area contributed by atoms with Gasteiger partial charge in [0.25, 0.3) is 5.56 Å². The summed E-state index contributed by atoms with van der Waals surface area (Å²) in [6.07, 6.45) is 6.63. The zero-order valence-corrected chi connectivity index (χ0v) is 18.7. The van der Waals surface area contributed by atoms with E-state index in [0.717, 1.165) is 24.0 Å². The second kappa shape index (κ2) is 8.38. The molecule has 0 spiro atoms. The maximum absolute atomic E-state index is 12.8. The van der Waals surface area contributed by atoms with Crippen LogP contribution in [0.15, 0.2) is 70.9 Å². The van der Waals surface area contributed by atoms with Gasteiger partial charge in [0.1, 0.15) is 11.2 Å². The lowest BCUT2D eigenvalue weighted by atomic mass is 10.1. The number of anilines is 1. The van der Waals surface area contributed by atoms with E-state index in [-0.39, 0.29) is 16.5 Å². The maximum Gasteiger partial charge on any atom is 0.264 e. The van der Waals surface area contributed by atoms with Crippen molar-refractivity contribution in [3.8, 4) is 11.3 Å². The molecule has 168 valence electrons. The summed E-state index contributed by atoms with van der Waals surface area (Å²) in [7, 11) is -1.89. The molecule has 2 N–H and O–H groups in total. The predicted octanol–water partition coefficient (Wildman–Crippen LogP) is 2.44. The number of pyridine rings is 2. The van der Waals surface area contributed by atoms with Gasteiger partial charge in [0.15, 0.2) is 0 Å². The van der Waals surface area contributed by atoms with Crippen molar-refractivity contribution >= 4 is 26.7 Å². The Kier molecular flexibility index (Phi) is 5.39. The van der Waals surface area contributed by atoms with Crippen molar-refractivity contribution in [2.45, 2.75) is 30.3 Å². The van der Waals surface area contributed by atoms with Crippen molar-refractivity contribution in [1.82, 2.24) is 24.2 Å². The summed E-state index contributed by atoms with van der Waals surface area (Å²) in [5, 5.41) is 3.64. The van der Waals surface area contributed by atoms with Crippen LogP contribution in [0, 0.1) is 0 Å². The Bertz CT molecular complexity index is 1480. The third kappa shape index (κ3) is 4.48. The van der Waals surface area contributed by atoms with Crippen LogP contribution < -0.4 is 15.6 Å². The van der Waals surface area contributed by atoms with Gasteiger partial charge in [-0.25, -0.2) is 23.1 Å². The molecule has 0 aliphatic heterocycles. The zero-order chi connectivity index (χ0) is 23.0. The third-order valence-electron chi connectivity index (χ3n) is 5.47. The molecule has 0 unspecified atom stereocenters. The molecule has 9 nitrogen and oxygen atoms in total. The molecule has 4 aromatic rings. The monoisotopic (exact) mass is 462 g/mol. The molecular weight excluding hydrogens is 440 g/mol. The number of hydrogen-bond donors (Lipinski definition) is 2. The third-order valence-corrected chi connectivity index (χ3v) is 7.01. The predicted molar refractivity (Wildman–Crippen MR) is 125 cm³/mol. The minimum Gasteiger partial charge on any atom is -0.365 e. The summed E-state index contributed by atoms with van der Waals surface area (Å²) in [6.45, 7) is 0.455. The maximum atomic E-state index is 12.8. The summed E-state index contributed by atoms with van der Waals surface area (Å²) in [5.74, 6) is 0.417. The average molecular weight is 463 g/mol. The average Bonchev–Trinajstić information content (AvgIpc) is 3.64. The van der Waals surface area contributed by atoms with Crippen LogP contribution in [0.3, 0.4) is 0 Å². The van der Waals surface area contributed by atoms with Crippen molar-refractivity contribution in [3.63, 3.8) is 0 Å². The van der Waals surface area contributed by atoms with E-state index in [1.807, 2.05) is 12.1 Å². The topological polar surface area (TPSA) is 119 Å². The van der Waals surface area contributed by atoms with Gasteiger partial charge in [-0.15, -0.1) is 0 Å². The molecule has 0 amide bonds. The summed E-state index contributed by atoms with van der Waals surface area (Å²) in [5.41, 5.74) is 2.59. The summed E-state index contributed by atoms with van der Waals surface area (Å²) in [6, 6.07) is 12.1. The molecule has 0 radical (unpaired) electrons. The van der Waals surface area contributed by atoms with E-state index in [4.69, 9.17) is 4.98 Å². The van der Waals surface area contributed by atoms with Crippen LogP contribution >= 0.6 is 0 Å². The van der Waals surface area contributed by atoms with Gasteiger partial charge in [-0.1, -0.05) is 12.1 Å². The minimum atomic E-state index is -3.53. The highest BCUT2D eigenvalue weighted by Gasteiger charge is 2.28. The molecule has 1 saturated carbocycles. The molecule has 10 heteroatoms. The Morgan fingerprint density at radius 1 is 1.09 bits per heavy atom. The lowest BCUT2D eigenvalue weighted by molar-refractivity contribution is 0.581. The Balaban J connectivity index is 1.53. The molecule has 33 heavy (non-hydrogen) atoms. The number of benzene rings is 1. The van der Waals surface area contributed by atoms with Crippen LogP contribution in [0.2, 0.25) is 0 Å². The number of fused-ring (bicyclic) bond motifs is 1. The van der Waals surface area contributed by atoms with Crippen molar-refractivity contribution in [2.75, 3.05) is 5.32 Å². The highest BCUT2D eigenvalue weighted by Crippen LogP contribution is 2.27. The Labute approximate surface area is 190 Å². The lowest BCUT2D eigenvalue weighted by Crippen LogP contribution is -2.25. The van der Waals surface area contributed by atoms with Crippen LogP contribution in [-0.2, 0) is 23.6 Å². The second-order valence-electron chi connectivity index (χ2n) is 8.04. The van der Waals surface area contributed by atoms with E-state index in [9.17, 15) is 13.2 Å². The number of sulfonamides is 1. The molecule has 1 aliphatic rings. The number of rotatable bonds is 7. The minimum absolute atomic E-state index is 0.0412. The fourth-order valence-electron chi connectivity index (χ4n) is 3.48. The number of aromatic nitrogens is 4. The van der Waals surface area contributed by atoms with Crippen molar-refractivity contribution < 1.29 is 8.42 Å². The molecule has 0 bridgehead atoms. The first-order valence-corrected chi connectivity index (χ1v) is 12.0. The van der Waals surface area contributed by atoms with Crippen LogP contribution in [0.4, 0.5) is 5.82 Å². The van der Waals surface area contributed by atoms with Gasteiger partial charge in [0, 0.05) is 37.6 Å². The number of aryl methyl sites for hydroxylation is 1. The summed E-state index contributed by atoms with van der Waals surface area (Å²) < 4.78 is 29.0. The molecule has 1 fully saturated rings. The smallest absolute Gasteiger partial charge is 0.264 e. The molecule has 1 aromatic carbocycles. The summed E-state index contributed by atoms with van der Waals surface area (Å²) >= 11 is 0. The van der Waals surface area contributed by atoms with Crippen molar-refractivity contribution in [3.05, 3.63) is 77.1 Å². The van der Waals surface area contributed by atoms with E-state index in [2.05, 4.69) is 20.0 Å². The summed E-state index contributed by atoms with van der Waals surface area (Å²) in [4.78, 5) is 26.1. The lowest BCUT2D eigenvalue weighted by Gasteiger charge is -2.12. The zero-order valence-electron chi connectivity index (χ0n) is 17.9. The molecule has 0 atom stereocenters. The van der Waals surface area contributed by atoms with Crippen LogP contribution in [0.25, 0.3) is 22.2 Å². The Morgan fingerprint density at radius 2 is 1.82 bits per heavy atom. The van der Waals surface area contributed by atoms with Crippen LogP contribution in [0.5, 0.6) is 0 Å². The largest absolute Gasteiger partial charge is 0.365 e. The van der Waals surface area contributed by atoms with Crippen LogP contribution in [0.1, 0.15) is 18.4 Å².